The number of phenols is 1. The number of phenolic OH excluding ortho intramolecular Hbond substituents is 1. The molecule has 0 atom stereocenters. The van der Waals surface area contributed by atoms with E-state index in [-0.39, 0.29) is 5.75 Å². The zero-order valence-electron chi connectivity index (χ0n) is 7.65. The van der Waals surface area contributed by atoms with Crippen molar-refractivity contribution in [1.82, 2.24) is 0 Å². The zero-order chi connectivity index (χ0) is 9.68. The third kappa shape index (κ3) is 2.40. The minimum atomic E-state index is 0.126. The highest BCUT2D eigenvalue weighted by Gasteiger charge is 1.99. The Morgan fingerprint density at radius 2 is 2.08 bits per heavy atom. The fourth-order valence-electron chi connectivity index (χ4n) is 0.957. The van der Waals surface area contributed by atoms with Gasteiger partial charge in [-0.1, -0.05) is 6.07 Å². The first-order valence-electron chi connectivity index (χ1n) is 3.84. The Labute approximate surface area is 77.2 Å². The minimum Gasteiger partial charge on any atom is -0.504 e. The van der Waals surface area contributed by atoms with Crippen molar-refractivity contribution in [2.45, 2.75) is 0 Å². The molecule has 0 saturated carbocycles. The lowest BCUT2D eigenvalue weighted by molar-refractivity contribution is 0.341. The van der Waals surface area contributed by atoms with Crippen molar-refractivity contribution in [3.8, 4) is 11.5 Å². The van der Waals surface area contributed by atoms with E-state index in [0.29, 0.717) is 5.75 Å². The SMILES string of the molecule is CO/C=C/c1ccc(OC)c(O)c1. The maximum atomic E-state index is 9.39. The van der Waals surface area contributed by atoms with Gasteiger partial charge < -0.3 is 14.6 Å². The molecule has 0 aromatic heterocycles. The number of aromatic hydroxyl groups is 1. The summed E-state index contributed by atoms with van der Waals surface area (Å²) in [5.41, 5.74) is 0.861. The molecule has 0 spiro atoms. The molecule has 0 bridgehead atoms. The van der Waals surface area contributed by atoms with Gasteiger partial charge in [-0.15, -0.1) is 0 Å². The Morgan fingerprint density at radius 3 is 2.62 bits per heavy atom. The Kier molecular flexibility index (Phi) is 3.20. The molecule has 0 saturated heterocycles. The van der Waals surface area contributed by atoms with Gasteiger partial charge in [-0.25, -0.2) is 0 Å². The van der Waals surface area contributed by atoms with Gasteiger partial charge >= 0.3 is 0 Å². The number of ether oxygens (including phenoxy) is 2. The smallest absolute Gasteiger partial charge is 0.160 e. The average molecular weight is 180 g/mol. The van der Waals surface area contributed by atoms with Crippen LogP contribution in [0.4, 0.5) is 0 Å². The molecule has 0 aliphatic carbocycles. The molecule has 1 rings (SSSR count). The quantitative estimate of drug-likeness (QED) is 0.723. The topological polar surface area (TPSA) is 38.7 Å². The second kappa shape index (κ2) is 4.40. The number of benzene rings is 1. The van der Waals surface area contributed by atoms with Gasteiger partial charge in [-0.05, 0) is 23.8 Å². The highest BCUT2D eigenvalue weighted by atomic mass is 16.5. The van der Waals surface area contributed by atoms with Crippen LogP contribution in [-0.4, -0.2) is 19.3 Å². The maximum Gasteiger partial charge on any atom is 0.160 e. The molecular weight excluding hydrogens is 168 g/mol. The number of methoxy groups -OCH3 is 2. The summed E-state index contributed by atoms with van der Waals surface area (Å²) in [6, 6.07) is 5.13. The lowest BCUT2D eigenvalue weighted by Gasteiger charge is -2.02. The molecule has 3 heteroatoms. The first-order valence-corrected chi connectivity index (χ1v) is 3.84. The van der Waals surface area contributed by atoms with Crippen LogP contribution in [0.15, 0.2) is 24.5 Å². The van der Waals surface area contributed by atoms with Crippen LogP contribution in [0.1, 0.15) is 5.56 Å². The number of hydrogen-bond acceptors (Lipinski definition) is 3. The Bertz CT molecular complexity index is 305. The second-order valence-corrected chi connectivity index (χ2v) is 2.47. The second-order valence-electron chi connectivity index (χ2n) is 2.47. The monoisotopic (exact) mass is 180 g/mol. The van der Waals surface area contributed by atoms with Crippen LogP contribution in [0.5, 0.6) is 11.5 Å². The van der Waals surface area contributed by atoms with E-state index in [1.165, 1.54) is 7.11 Å². The molecule has 13 heavy (non-hydrogen) atoms. The van der Waals surface area contributed by atoms with E-state index >= 15 is 0 Å². The van der Waals surface area contributed by atoms with E-state index in [0.717, 1.165) is 5.56 Å². The summed E-state index contributed by atoms with van der Waals surface area (Å²) in [6.45, 7) is 0. The Balaban J connectivity index is 2.89. The van der Waals surface area contributed by atoms with Gasteiger partial charge in [0.1, 0.15) is 0 Å². The molecule has 1 aromatic rings. The molecule has 0 amide bonds. The molecule has 0 fully saturated rings. The molecule has 1 aromatic carbocycles. The molecule has 0 aliphatic rings. The minimum absolute atomic E-state index is 0.126. The highest BCUT2D eigenvalue weighted by Crippen LogP contribution is 2.26. The molecular formula is C10H12O3. The van der Waals surface area contributed by atoms with Crippen LogP contribution in [0.3, 0.4) is 0 Å². The lowest BCUT2D eigenvalue weighted by atomic mass is 10.2. The van der Waals surface area contributed by atoms with Crippen LogP contribution in [0.25, 0.3) is 6.08 Å². The van der Waals surface area contributed by atoms with Gasteiger partial charge in [0.15, 0.2) is 11.5 Å². The molecule has 0 radical (unpaired) electrons. The van der Waals surface area contributed by atoms with Crippen molar-refractivity contribution in [1.29, 1.82) is 0 Å². The highest BCUT2D eigenvalue weighted by molar-refractivity contribution is 5.54. The van der Waals surface area contributed by atoms with Crippen LogP contribution in [-0.2, 0) is 4.74 Å². The molecule has 0 unspecified atom stereocenters. The summed E-state index contributed by atoms with van der Waals surface area (Å²) in [5, 5.41) is 9.39. The van der Waals surface area contributed by atoms with Crippen LogP contribution in [0.2, 0.25) is 0 Å². The third-order valence-corrected chi connectivity index (χ3v) is 1.60. The fourth-order valence-corrected chi connectivity index (χ4v) is 0.957. The lowest BCUT2D eigenvalue weighted by Crippen LogP contribution is -1.83. The third-order valence-electron chi connectivity index (χ3n) is 1.60. The first-order chi connectivity index (χ1) is 6.27. The fraction of sp³-hybridized carbons (Fsp3) is 0.200. The Morgan fingerprint density at radius 1 is 1.31 bits per heavy atom. The predicted octanol–water partition coefficient (Wildman–Crippen LogP) is 2.02. The van der Waals surface area contributed by atoms with Crippen molar-refractivity contribution in [2.75, 3.05) is 14.2 Å². The van der Waals surface area contributed by atoms with Gasteiger partial charge in [0, 0.05) is 0 Å². The average Bonchev–Trinajstić information content (AvgIpc) is 2.15. The predicted molar refractivity (Wildman–Crippen MR) is 50.7 cm³/mol. The van der Waals surface area contributed by atoms with Crippen LogP contribution in [0, 0.1) is 0 Å². The summed E-state index contributed by atoms with van der Waals surface area (Å²) in [5.74, 6) is 0.593. The first kappa shape index (κ1) is 9.45. The van der Waals surface area contributed by atoms with Crippen molar-refractivity contribution >= 4 is 6.08 Å². The van der Waals surface area contributed by atoms with Gasteiger partial charge in [0.05, 0.1) is 20.5 Å². The molecule has 70 valence electrons. The summed E-state index contributed by atoms with van der Waals surface area (Å²) in [6.07, 6.45) is 3.29. The van der Waals surface area contributed by atoms with E-state index < -0.39 is 0 Å². The maximum absolute atomic E-state index is 9.39. The molecule has 3 nitrogen and oxygen atoms in total. The summed E-state index contributed by atoms with van der Waals surface area (Å²) in [7, 11) is 3.08. The van der Waals surface area contributed by atoms with E-state index in [4.69, 9.17) is 9.47 Å². The number of rotatable bonds is 3. The van der Waals surface area contributed by atoms with Gasteiger partial charge in [0.25, 0.3) is 0 Å². The zero-order valence-corrected chi connectivity index (χ0v) is 7.65. The van der Waals surface area contributed by atoms with E-state index in [1.54, 1.807) is 31.6 Å². The Hall–Kier alpha value is -1.64. The van der Waals surface area contributed by atoms with Crippen molar-refractivity contribution in [3.63, 3.8) is 0 Å². The largest absolute Gasteiger partial charge is 0.504 e. The molecule has 0 heterocycles. The van der Waals surface area contributed by atoms with Crippen molar-refractivity contribution in [3.05, 3.63) is 30.0 Å². The van der Waals surface area contributed by atoms with Crippen molar-refractivity contribution < 1.29 is 14.6 Å². The number of hydrogen-bond donors (Lipinski definition) is 1. The van der Waals surface area contributed by atoms with Gasteiger partial charge in [-0.2, -0.15) is 0 Å². The molecule has 0 aliphatic heterocycles. The normalized spacial score (nSPS) is 10.3. The van der Waals surface area contributed by atoms with Crippen molar-refractivity contribution in [2.24, 2.45) is 0 Å². The van der Waals surface area contributed by atoms with Gasteiger partial charge in [-0.3, -0.25) is 0 Å². The standard InChI is InChI=1S/C10H12O3/c1-12-6-5-8-3-4-10(13-2)9(11)7-8/h3-7,11H,1-2H3/b6-5+. The van der Waals surface area contributed by atoms with Crippen LogP contribution >= 0.6 is 0 Å². The molecule has 1 N–H and O–H groups in total. The van der Waals surface area contributed by atoms with Gasteiger partial charge in [0.2, 0.25) is 0 Å². The summed E-state index contributed by atoms with van der Waals surface area (Å²) < 4.78 is 9.65. The summed E-state index contributed by atoms with van der Waals surface area (Å²) >= 11 is 0. The van der Waals surface area contributed by atoms with Crippen LogP contribution < -0.4 is 4.74 Å². The van der Waals surface area contributed by atoms with E-state index in [1.807, 2.05) is 6.07 Å². The van der Waals surface area contributed by atoms with E-state index in [9.17, 15) is 5.11 Å². The van der Waals surface area contributed by atoms with E-state index in [2.05, 4.69) is 0 Å². The summed E-state index contributed by atoms with van der Waals surface area (Å²) in [4.78, 5) is 0.